The van der Waals surface area contributed by atoms with E-state index in [1.807, 2.05) is 0 Å². The first-order chi connectivity index (χ1) is 28.0. The molecule has 0 aliphatic carbocycles. The van der Waals surface area contributed by atoms with Crippen LogP contribution in [-0.4, -0.2) is 35.6 Å². The van der Waals surface area contributed by atoms with Gasteiger partial charge in [-0.2, -0.15) is 0 Å². The average Bonchev–Trinajstić information content (AvgIpc) is 3.20. The SMILES string of the molecule is CC/C=C\C/C=C\C/C=C\C/C=C\C/C=C\C/C=C\C/C=C\CCCC(=O)OC(CCCCCCCCCCCCCC)CCCCCCCC(=O)NCC(=O)O. The highest BCUT2D eigenvalue weighted by Gasteiger charge is 2.14. The first-order valence-electron chi connectivity index (χ1n) is 23.2. The number of nitrogens with one attached hydrogen (secondary N) is 1. The van der Waals surface area contributed by atoms with E-state index in [-0.39, 0.29) is 24.5 Å². The van der Waals surface area contributed by atoms with Crippen LogP contribution in [-0.2, 0) is 19.1 Å². The van der Waals surface area contributed by atoms with E-state index in [1.54, 1.807) is 0 Å². The van der Waals surface area contributed by atoms with Gasteiger partial charge in [0.25, 0.3) is 0 Å². The van der Waals surface area contributed by atoms with Crippen molar-refractivity contribution in [2.45, 2.75) is 213 Å². The van der Waals surface area contributed by atoms with Crippen LogP contribution in [0.25, 0.3) is 0 Å². The number of carbonyl (C=O) groups is 3. The summed E-state index contributed by atoms with van der Waals surface area (Å²) in [5.41, 5.74) is 0. The number of rotatable bonds is 41. The molecule has 0 aromatic carbocycles. The molecule has 57 heavy (non-hydrogen) atoms. The molecule has 1 unspecified atom stereocenters. The fourth-order valence-electron chi connectivity index (χ4n) is 6.45. The van der Waals surface area contributed by atoms with Gasteiger partial charge in [-0.3, -0.25) is 14.4 Å². The summed E-state index contributed by atoms with van der Waals surface area (Å²) >= 11 is 0. The summed E-state index contributed by atoms with van der Waals surface area (Å²) < 4.78 is 6.01. The normalized spacial score (nSPS) is 12.9. The molecule has 0 aliphatic heterocycles. The van der Waals surface area contributed by atoms with Crippen LogP contribution in [0.3, 0.4) is 0 Å². The van der Waals surface area contributed by atoms with Gasteiger partial charge in [-0.1, -0.05) is 189 Å². The summed E-state index contributed by atoms with van der Waals surface area (Å²) in [6, 6.07) is 0. The van der Waals surface area contributed by atoms with Crippen LogP contribution < -0.4 is 5.32 Å². The van der Waals surface area contributed by atoms with Crippen LogP contribution in [0, 0.1) is 0 Å². The maximum atomic E-state index is 12.8. The zero-order valence-electron chi connectivity index (χ0n) is 36.7. The number of carboxylic acid groups (broad SMARTS) is 1. The smallest absolute Gasteiger partial charge is 0.322 e. The molecular weight excluding hydrogens is 707 g/mol. The number of hydrogen-bond acceptors (Lipinski definition) is 4. The molecule has 0 radical (unpaired) electrons. The minimum Gasteiger partial charge on any atom is -0.480 e. The predicted octanol–water partition coefficient (Wildman–Crippen LogP) is 14.7. The fourth-order valence-corrected chi connectivity index (χ4v) is 6.45. The predicted molar refractivity (Wildman–Crippen MR) is 244 cm³/mol. The average molecular weight is 792 g/mol. The van der Waals surface area contributed by atoms with Crippen LogP contribution in [0.2, 0.25) is 0 Å². The van der Waals surface area contributed by atoms with E-state index in [0.29, 0.717) is 12.8 Å². The first-order valence-corrected chi connectivity index (χ1v) is 23.2. The molecule has 0 aromatic rings. The zero-order valence-corrected chi connectivity index (χ0v) is 36.7. The van der Waals surface area contributed by atoms with Crippen molar-refractivity contribution in [3.63, 3.8) is 0 Å². The molecule has 6 nitrogen and oxygen atoms in total. The number of esters is 1. The van der Waals surface area contributed by atoms with E-state index in [0.717, 1.165) is 109 Å². The Bertz CT molecular complexity index is 1140. The number of allylic oxidation sites excluding steroid dienone is 14. The molecule has 0 heterocycles. The van der Waals surface area contributed by atoms with E-state index < -0.39 is 5.97 Å². The largest absolute Gasteiger partial charge is 0.480 e. The molecule has 0 bridgehead atoms. The number of carbonyl (C=O) groups excluding carboxylic acids is 2. The quantitative estimate of drug-likeness (QED) is 0.0365. The topological polar surface area (TPSA) is 92.7 Å². The fraction of sp³-hybridized carbons (Fsp3) is 0.667. The third-order valence-corrected chi connectivity index (χ3v) is 9.83. The number of amides is 1. The van der Waals surface area contributed by atoms with Crippen molar-refractivity contribution in [1.29, 1.82) is 0 Å². The van der Waals surface area contributed by atoms with E-state index >= 15 is 0 Å². The number of carboxylic acids is 1. The highest BCUT2D eigenvalue weighted by Crippen LogP contribution is 2.19. The Morgan fingerprint density at radius 1 is 0.474 bits per heavy atom. The van der Waals surface area contributed by atoms with Gasteiger partial charge < -0.3 is 15.2 Å². The monoisotopic (exact) mass is 792 g/mol. The molecular formula is C51H85NO5. The Labute approximate surface area is 350 Å². The lowest BCUT2D eigenvalue weighted by Gasteiger charge is -2.18. The number of unbranched alkanes of at least 4 members (excludes halogenated alkanes) is 16. The second kappa shape index (κ2) is 45.3. The summed E-state index contributed by atoms with van der Waals surface area (Å²) in [5, 5.41) is 11.1. The van der Waals surface area contributed by atoms with Gasteiger partial charge in [-0.25, -0.2) is 0 Å². The van der Waals surface area contributed by atoms with Crippen molar-refractivity contribution < 1.29 is 24.2 Å². The first kappa shape index (κ1) is 53.6. The van der Waals surface area contributed by atoms with Crippen molar-refractivity contribution in [3.8, 4) is 0 Å². The minimum absolute atomic E-state index is 0.00828. The third-order valence-electron chi connectivity index (χ3n) is 9.83. The van der Waals surface area contributed by atoms with Crippen LogP contribution in [0.1, 0.15) is 206 Å². The molecule has 0 spiro atoms. The highest BCUT2D eigenvalue weighted by atomic mass is 16.5. The van der Waals surface area contributed by atoms with Crippen molar-refractivity contribution >= 4 is 17.8 Å². The number of aliphatic carboxylic acids is 1. The lowest BCUT2D eigenvalue weighted by Crippen LogP contribution is -2.28. The van der Waals surface area contributed by atoms with Gasteiger partial charge in [0.2, 0.25) is 5.91 Å². The van der Waals surface area contributed by atoms with E-state index in [4.69, 9.17) is 9.84 Å². The van der Waals surface area contributed by atoms with Gasteiger partial charge >= 0.3 is 11.9 Å². The summed E-state index contributed by atoms with van der Waals surface area (Å²) in [5.74, 6) is -1.30. The molecule has 0 aliphatic rings. The van der Waals surface area contributed by atoms with Gasteiger partial charge in [0.1, 0.15) is 12.6 Å². The Balaban J connectivity index is 4.25. The summed E-state index contributed by atoms with van der Waals surface area (Å²) in [7, 11) is 0. The van der Waals surface area contributed by atoms with E-state index in [2.05, 4.69) is 104 Å². The van der Waals surface area contributed by atoms with Crippen molar-refractivity contribution in [2.75, 3.05) is 6.54 Å². The Hall–Kier alpha value is -3.41. The highest BCUT2D eigenvalue weighted by molar-refractivity contribution is 5.80. The van der Waals surface area contributed by atoms with Crippen molar-refractivity contribution in [3.05, 3.63) is 85.1 Å². The van der Waals surface area contributed by atoms with Crippen LogP contribution >= 0.6 is 0 Å². The van der Waals surface area contributed by atoms with E-state index in [9.17, 15) is 14.4 Å². The molecule has 6 heteroatoms. The van der Waals surface area contributed by atoms with Gasteiger partial charge in [-0.15, -0.1) is 0 Å². The molecule has 0 saturated carbocycles. The maximum Gasteiger partial charge on any atom is 0.322 e. The number of ether oxygens (including phenoxy) is 1. The lowest BCUT2D eigenvalue weighted by atomic mass is 10.0. The van der Waals surface area contributed by atoms with Crippen molar-refractivity contribution in [2.24, 2.45) is 0 Å². The maximum absolute atomic E-state index is 12.8. The van der Waals surface area contributed by atoms with Gasteiger partial charge in [0.05, 0.1) is 0 Å². The molecule has 1 amide bonds. The summed E-state index contributed by atoms with van der Waals surface area (Å²) in [4.78, 5) is 35.1. The Kier molecular flexibility index (Phi) is 42.6. The summed E-state index contributed by atoms with van der Waals surface area (Å²) in [6.07, 6.45) is 62.8. The van der Waals surface area contributed by atoms with Gasteiger partial charge in [0.15, 0.2) is 0 Å². The van der Waals surface area contributed by atoms with Crippen LogP contribution in [0.5, 0.6) is 0 Å². The second-order valence-electron chi connectivity index (χ2n) is 15.3. The molecule has 0 aromatic heterocycles. The zero-order chi connectivity index (χ0) is 41.5. The minimum atomic E-state index is -1.02. The Morgan fingerprint density at radius 3 is 1.28 bits per heavy atom. The molecule has 324 valence electrons. The van der Waals surface area contributed by atoms with Gasteiger partial charge in [0, 0.05) is 12.8 Å². The summed E-state index contributed by atoms with van der Waals surface area (Å²) in [6.45, 7) is 4.11. The molecule has 0 fully saturated rings. The Morgan fingerprint density at radius 2 is 0.860 bits per heavy atom. The van der Waals surface area contributed by atoms with Gasteiger partial charge in [-0.05, 0) is 89.9 Å². The molecule has 1 atom stereocenters. The molecule has 0 saturated heterocycles. The van der Waals surface area contributed by atoms with Crippen molar-refractivity contribution in [1.82, 2.24) is 5.32 Å². The van der Waals surface area contributed by atoms with Crippen LogP contribution in [0.4, 0.5) is 0 Å². The van der Waals surface area contributed by atoms with E-state index in [1.165, 1.54) is 70.6 Å². The molecule has 0 rings (SSSR count). The second-order valence-corrected chi connectivity index (χ2v) is 15.3. The van der Waals surface area contributed by atoms with Crippen LogP contribution in [0.15, 0.2) is 85.1 Å². The molecule has 2 N–H and O–H groups in total. The standard InChI is InChI=1S/C51H85NO5/c1-3-5-7-9-11-13-15-17-18-19-20-21-22-23-24-25-26-27-29-31-33-38-42-46-51(56)57-48(43-39-35-32-30-28-16-14-12-10-8-6-4-2)44-40-36-34-37-41-45-49(53)52-47-50(54)55/h5,7,11,13,17-18,20-21,23-24,26-27,31,33,48H,3-4,6,8-10,12,14-16,19,22,25,28-30,32,34-47H2,1-2H3,(H,52,53)(H,54,55)/b7-5-,13-11-,18-17-,21-20-,24-23-,27-26-,33-31-. The lowest BCUT2D eigenvalue weighted by molar-refractivity contribution is -0.150. The third kappa shape index (κ3) is 45.2. The number of hydrogen-bond donors (Lipinski definition) is 2.